The van der Waals surface area contributed by atoms with Crippen molar-refractivity contribution in [2.75, 3.05) is 26.2 Å². The second-order valence-electron chi connectivity index (χ2n) is 7.53. The molecule has 2 unspecified atom stereocenters. The van der Waals surface area contributed by atoms with E-state index in [2.05, 4.69) is 0 Å². The van der Waals surface area contributed by atoms with Crippen molar-refractivity contribution < 1.29 is 14.3 Å². The first-order valence-electron chi connectivity index (χ1n) is 8.26. The summed E-state index contributed by atoms with van der Waals surface area (Å²) in [6.45, 7) is 8.56. The van der Waals surface area contributed by atoms with Gasteiger partial charge >= 0.3 is 6.09 Å². The van der Waals surface area contributed by atoms with Gasteiger partial charge in [0.05, 0.1) is 0 Å². The molecule has 2 N–H and O–H groups in total. The summed E-state index contributed by atoms with van der Waals surface area (Å²) in [5.41, 5.74) is 5.36. The van der Waals surface area contributed by atoms with E-state index in [4.69, 9.17) is 10.5 Å². The quantitative estimate of drug-likeness (QED) is 0.858. The molecule has 2 amide bonds. The van der Waals surface area contributed by atoms with Gasteiger partial charge < -0.3 is 20.3 Å². The van der Waals surface area contributed by atoms with Crippen LogP contribution in [0.1, 0.15) is 46.5 Å². The highest BCUT2D eigenvalue weighted by Gasteiger charge is 2.30. The Bertz CT molecular complexity index is 419. The van der Waals surface area contributed by atoms with Gasteiger partial charge in [-0.2, -0.15) is 0 Å². The molecule has 0 radical (unpaired) electrons. The first-order valence-corrected chi connectivity index (χ1v) is 8.26. The van der Waals surface area contributed by atoms with Crippen molar-refractivity contribution in [1.29, 1.82) is 0 Å². The van der Waals surface area contributed by atoms with Crippen LogP contribution in [0.15, 0.2) is 0 Å². The van der Waals surface area contributed by atoms with Crippen LogP contribution in [-0.4, -0.2) is 59.6 Å². The van der Waals surface area contributed by atoms with Gasteiger partial charge in [-0.3, -0.25) is 4.79 Å². The number of hydrogen-bond acceptors (Lipinski definition) is 4. The fraction of sp³-hybridized carbons (Fsp3) is 0.875. The molecule has 2 atom stereocenters. The van der Waals surface area contributed by atoms with E-state index in [-0.39, 0.29) is 18.0 Å². The number of hydrogen-bond donors (Lipinski definition) is 1. The molecule has 2 fully saturated rings. The topological polar surface area (TPSA) is 75.9 Å². The van der Waals surface area contributed by atoms with Crippen molar-refractivity contribution in [3.8, 4) is 0 Å². The Morgan fingerprint density at radius 2 is 2.09 bits per heavy atom. The highest BCUT2D eigenvalue weighted by Crippen LogP contribution is 2.23. The monoisotopic (exact) mass is 311 g/mol. The van der Waals surface area contributed by atoms with Crippen LogP contribution >= 0.6 is 0 Å². The Balaban J connectivity index is 1.78. The molecule has 2 heterocycles. The summed E-state index contributed by atoms with van der Waals surface area (Å²) >= 11 is 0. The molecular weight excluding hydrogens is 282 g/mol. The minimum Gasteiger partial charge on any atom is -0.444 e. The lowest BCUT2D eigenvalue weighted by molar-refractivity contribution is -0.127. The number of rotatable bonds is 3. The highest BCUT2D eigenvalue weighted by molar-refractivity contribution is 5.79. The average Bonchev–Trinajstić information content (AvgIpc) is 2.73. The third kappa shape index (κ3) is 4.87. The Morgan fingerprint density at radius 1 is 1.36 bits per heavy atom. The molecular formula is C16H29N3O3. The number of ether oxygens (including phenoxy) is 1. The largest absolute Gasteiger partial charge is 0.444 e. The molecule has 6 nitrogen and oxygen atoms in total. The van der Waals surface area contributed by atoms with Crippen LogP contribution in [0.4, 0.5) is 4.79 Å². The maximum absolute atomic E-state index is 12.1. The molecule has 2 aliphatic heterocycles. The summed E-state index contributed by atoms with van der Waals surface area (Å²) < 4.78 is 5.44. The molecule has 0 saturated carbocycles. The van der Waals surface area contributed by atoms with Crippen LogP contribution in [0.25, 0.3) is 0 Å². The fourth-order valence-corrected chi connectivity index (χ4v) is 3.15. The van der Waals surface area contributed by atoms with Crippen LogP contribution in [0, 0.1) is 5.92 Å². The van der Waals surface area contributed by atoms with E-state index in [0.29, 0.717) is 18.9 Å². The van der Waals surface area contributed by atoms with E-state index in [9.17, 15) is 9.59 Å². The molecule has 6 heteroatoms. The predicted molar refractivity (Wildman–Crippen MR) is 84.3 cm³/mol. The highest BCUT2D eigenvalue weighted by atomic mass is 16.6. The standard InChI is InChI=1S/C16H29N3O3/c1-16(2,3)22-15(21)19-7-4-5-12(10-19)6-8-18-11-13(17)9-14(18)20/h12-13H,4-11,17H2,1-3H3. The second kappa shape index (κ2) is 6.86. The van der Waals surface area contributed by atoms with Gasteiger partial charge in [0.1, 0.15) is 5.60 Å². The summed E-state index contributed by atoms with van der Waals surface area (Å²) in [5, 5.41) is 0. The summed E-state index contributed by atoms with van der Waals surface area (Å²) in [5.74, 6) is 0.596. The minimum absolute atomic E-state index is 0.0166. The van der Waals surface area contributed by atoms with E-state index in [1.54, 1.807) is 4.90 Å². The smallest absolute Gasteiger partial charge is 0.410 e. The van der Waals surface area contributed by atoms with Gasteiger partial charge in [0.2, 0.25) is 5.91 Å². The van der Waals surface area contributed by atoms with Gasteiger partial charge in [-0.25, -0.2) is 4.79 Å². The lowest BCUT2D eigenvalue weighted by Gasteiger charge is -2.34. The molecule has 0 aromatic carbocycles. The third-order valence-corrected chi connectivity index (χ3v) is 4.22. The Kier molecular flexibility index (Phi) is 5.32. The predicted octanol–water partition coefficient (Wildman–Crippen LogP) is 1.58. The molecule has 2 rings (SSSR count). The van der Waals surface area contributed by atoms with Gasteiger partial charge in [-0.15, -0.1) is 0 Å². The summed E-state index contributed by atoms with van der Waals surface area (Å²) in [7, 11) is 0. The van der Waals surface area contributed by atoms with Crippen molar-refractivity contribution in [2.24, 2.45) is 11.7 Å². The Labute approximate surface area is 132 Å². The number of carbonyl (C=O) groups excluding carboxylic acids is 2. The van der Waals surface area contributed by atoms with Crippen LogP contribution in [0.5, 0.6) is 0 Å². The van der Waals surface area contributed by atoms with Crippen molar-refractivity contribution in [3.05, 3.63) is 0 Å². The van der Waals surface area contributed by atoms with Crippen molar-refractivity contribution in [2.45, 2.75) is 58.1 Å². The number of carbonyl (C=O) groups is 2. The van der Waals surface area contributed by atoms with Crippen LogP contribution in [0.3, 0.4) is 0 Å². The first kappa shape index (κ1) is 17.1. The molecule has 2 aliphatic rings. The maximum Gasteiger partial charge on any atom is 0.410 e. The molecule has 0 bridgehead atoms. The Hall–Kier alpha value is -1.30. The zero-order chi connectivity index (χ0) is 16.3. The van der Waals surface area contributed by atoms with Crippen molar-refractivity contribution >= 4 is 12.0 Å². The van der Waals surface area contributed by atoms with Gasteiger partial charge in [0.25, 0.3) is 0 Å². The molecule has 0 aromatic heterocycles. The SMILES string of the molecule is CC(C)(C)OC(=O)N1CCCC(CCN2CC(N)CC2=O)C1. The first-order chi connectivity index (χ1) is 10.2. The maximum atomic E-state index is 12.1. The zero-order valence-electron chi connectivity index (χ0n) is 14.0. The third-order valence-electron chi connectivity index (χ3n) is 4.22. The van der Waals surface area contributed by atoms with E-state index < -0.39 is 5.60 Å². The fourth-order valence-electron chi connectivity index (χ4n) is 3.15. The zero-order valence-corrected chi connectivity index (χ0v) is 14.0. The lowest BCUT2D eigenvalue weighted by atomic mass is 9.95. The van der Waals surface area contributed by atoms with Gasteiger partial charge in [-0.05, 0) is 46.0 Å². The van der Waals surface area contributed by atoms with E-state index >= 15 is 0 Å². The number of nitrogens with two attached hydrogens (primary N) is 1. The molecule has 0 spiro atoms. The van der Waals surface area contributed by atoms with Gasteiger partial charge in [0.15, 0.2) is 0 Å². The van der Waals surface area contributed by atoms with E-state index in [1.165, 1.54) is 0 Å². The second-order valence-corrected chi connectivity index (χ2v) is 7.53. The molecule has 2 saturated heterocycles. The van der Waals surface area contributed by atoms with Gasteiger partial charge in [-0.1, -0.05) is 0 Å². The summed E-state index contributed by atoms with van der Waals surface area (Å²) in [4.78, 5) is 27.5. The van der Waals surface area contributed by atoms with Crippen LogP contribution in [-0.2, 0) is 9.53 Å². The van der Waals surface area contributed by atoms with Crippen molar-refractivity contribution in [1.82, 2.24) is 9.80 Å². The summed E-state index contributed by atoms with van der Waals surface area (Å²) in [6, 6.07) is -0.0166. The van der Waals surface area contributed by atoms with E-state index in [1.807, 2.05) is 25.7 Å². The average molecular weight is 311 g/mol. The number of piperidine rings is 1. The normalized spacial score (nSPS) is 26.5. The van der Waals surface area contributed by atoms with Crippen LogP contribution in [0.2, 0.25) is 0 Å². The molecule has 0 aliphatic carbocycles. The Morgan fingerprint density at radius 3 is 2.68 bits per heavy atom. The number of nitrogens with zero attached hydrogens (tertiary/aromatic N) is 2. The lowest BCUT2D eigenvalue weighted by Crippen LogP contribution is -2.43. The van der Waals surface area contributed by atoms with E-state index in [0.717, 1.165) is 38.9 Å². The molecule has 22 heavy (non-hydrogen) atoms. The van der Waals surface area contributed by atoms with Crippen molar-refractivity contribution in [3.63, 3.8) is 0 Å². The number of likely N-dealkylation sites (tertiary alicyclic amines) is 2. The molecule has 0 aromatic rings. The summed E-state index contributed by atoms with van der Waals surface area (Å²) in [6.07, 6.45) is 3.27. The van der Waals surface area contributed by atoms with Crippen LogP contribution < -0.4 is 5.73 Å². The number of amides is 2. The molecule has 126 valence electrons. The minimum atomic E-state index is -0.456. The van der Waals surface area contributed by atoms with Gasteiger partial charge in [0, 0.05) is 38.6 Å².